The van der Waals surface area contributed by atoms with Crippen LogP contribution in [0.25, 0.3) is 16.9 Å². The summed E-state index contributed by atoms with van der Waals surface area (Å²) in [4.78, 5) is 21.1. The largest absolute Gasteiger partial charge is 0.486 e. The molecular weight excluding hydrogens is 413 g/mol. The van der Waals surface area contributed by atoms with Crippen LogP contribution >= 0.6 is 0 Å². The monoisotopic (exact) mass is 433 g/mol. The molecule has 2 aromatic carbocycles. The third-order valence-electron chi connectivity index (χ3n) is 5.00. The number of carbonyl (C=O) groups excluding carboxylic acids is 1. The van der Waals surface area contributed by atoms with Crippen molar-refractivity contribution in [2.75, 3.05) is 30.4 Å². The summed E-state index contributed by atoms with van der Waals surface area (Å²) < 4.78 is 26.6. The molecule has 0 radical (unpaired) electrons. The van der Waals surface area contributed by atoms with E-state index in [0.29, 0.717) is 59.7 Å². The van der Waals surface area contributed by atoms with E-state index in [1.807, 2.05) is 4.40 Å². The highest BCUT2D eigenvalue weighted by atomic mass is 19.1. The van der Waals surface area contributed by atoms with Gasteiger partial charge in [0.15, 0.2) is 17.1 Å². The summed E-state index contributed by atoms with van der Waals surface area (Å²) in [5.41, 5.74) is 2.48. The van der Waals surface area contributed by atoms with Crippen molar-refractivity contribution < 1.29 is 18.7 Å². The molecule has 0 bridgehead atoms. The molecule has 2 N–H and O–H groups in total. The molecule has 0 aliphatic carbocycles. The van der Waals surface area contributed by atoms with Crippen molar-refractivity contribution in [3.8, 4) is 22.8 Å². The molecule has 2 aromatic heterocycles. The van der Waals surface area contributed by atoms with Crippen LogP contribution in [0.2, 0.25) is 0 Å². The Kier molecular flexibility index (Phi) is 5.29. The molecule has 32 heavy (non-hydrogen) atoms. The number of nitrogens with one attached hydrogen (secondary N) is 2. The maximum absolute atomic E-state index is 13.8. The summed E-state index contributed by atoms with van der Waals surface area (Å²) in [6.45, 7) is 1.35. The number of carbonyl (C=O) groups is 1. The van der Waals surface area contributed by atoms with Crippen molar-refractivity contribution in [3.63, 3.8) is 0 Å². The van der Waals surface area contributed by atoms with Gasteiger partial charge in [-0.15, -0.1) is 0 Å². The Balaban J connectivity index is 1.29. The van der Waals surface area contributed by atoms with Crippen LogP contribution in [0.5, 0.6) is 11.5 Å². The first-order chi connectivity index (χ1) is 15.7. The molecule has 0 fully saturated rings. The van der Waals surface area contributed by atoms with Gasteiger partial charge in [0.25, 0.3) is 0 Å². The molecule has 162 valence electrons. The molecule has 9 heteroatoms. The molecule has 1 aliphatic heterocycles. The standard InChI is InChI=1S/C23H20FN5O3/c24-16-3-1-2-15(12-16)22-23(29-9-8-25-14-20(29)28-22)26-7-6-21(30)27-17-4-5-18-19(13-17)32-11-10-31-18/h1-5,8-9,12-14,26H,6-7,10-11H2,(H,27,30). The number of ether oxygens (including phenoxy) is 2. The number of benzene rings is 2. The van der Waals surface area contributed by atoms with Crippen molar-refractivity contribution in [3.05, 3.63) is 66.9 Å². The molecular formula is C23H20FN5O3. The Hall–Kier alpha value is -4.14. The van der Waals surface area contributed by atoms with E-state index in [2.05, 4.69) is 20.6 Å². The third-order valence-corrected chi connectivity index (χ3v) is 5.00. The first-order valence-electron chi connectivity index (χ1n) is 10.2. The van der Waals surface area contributed by atoms with Crippen molar-refractivity contribution in [2.45, 2.75) is 6.42 Å². The summed E-state index contributed by atoms with van der Waals surface area (Å²) in [6, 6.07) is 11.5. The summed E-state index contributed by atoms with van der Waals surface area (Å²) >= 11 is 0. The number of halogens is 1. The highest BCUT2D eigenvalue weighted by Crippen LogP contribution is 2.33. The van der Waals surface area contributed by atoms with Gasteiger partial charge in [-0.1, -0.05) is 12.1 Å². The van der Waals surface area contributed by atoms with Crippen molar-refractivity contribution >= 4 is 23.1 Å². The van der Waals surface area contributed by atoms with Crippen LogP contribution in [-0.2, 0) is 4.79 Å². The van der Waals surface area contributed by atoms with Crippen LogP contribution in [0, 0.1) is 5.82 Å². The highest BCUT2D eigenvalue weighted by Gasteiger charge is 2.16. The minimum Gasteiger partial charge on any atom is -0.486 e. The summed E-state index contributed by atoms with van der Waals surface area (Å²) in [6.07, 6.45) is 5.25. The second-order valence-electron chi connectivity index (χ2n) is 7.21. The van der Waals surface area contributed by atoms with Crippen LogP contribution in [0.15, 0.2) is 61.1 Å². The Morgan fingerprint density at radius 1 is 1.12 bits per heavy atom. The van der Waals surface area contributed by atoms with Gasteiger partial charge in [0.05, 0.1) is 6.20 Å². The summed E-state index contributed by atoms with van der Waals surface area (Å²) in [5.74, 6) is 1.45. The Bertz CT molecular complexity index is 1290. The van der Waals surface area contributed by atoms with Crippen LogP contribution in [0.4, 0.5) is 15.9 Å². The second kappa shape index (κ2) is 8.54. The zero-order valence-electron chi connectivity index (χ0n) is 17.0. The summed E-state index contributed by atoms with van der Waals surface area (Å²) in [7, 11) is 0. The van der Waals surface area contributed by atoms with Gasteiger partial charge in [0.1, 0.15) is 30.5 Å². The number of imidazole rings is 1. The lowest BCUT2D eigenvalue weighted by molar-refractivity contribution is -0.115. The van der Waals surface area contributed by atoms with E-state index in [4.69, 9.17) is 9.47 Å². The van der Waals surface area contributed by atoms with Crippen LogP contribution in [0.1, 0.15) is 6.42 Å². The zero-order valence-corrected chi connectivity index (χ0v) is 17.0. The molecule has 0 atom stereocenters. The van der Waals surface area contributed by atoms with E-state index in [1.165, 1.54) is 12.1 Å². The van der Waals surface area contributed by atoms with E-state index in [9.17, 15) is 9.18 Å². The summed E-state index contributed by atoms with van der Waals surface area (Å²) in [5, 5.41) is 6.13. The van der Waals surface area contributed by atoms with E-state index in [-0.39, 0.29) is 18.1 Å². The van der Waals surface area contributed by atoms with Gasteiger partial charge < -0.3 is 20.1 Å². The van der Waals surface area contributed by atoms with Crippen molar-refractivity contribution in [2.24, 2.45) is 0 Å². The van der Waals surface area contributed by atoms with Crippen molar-refractivity contribution in [1.82, 2.24) is 14.4 Å². The average Bonchev–Trinajstić information content (AvgIpc) is 3.18. The molecule has 5 rings (SSSR count). The molecule has 0 spiro atoms. The van der Waals surface area contributed by atoms with Gasteiger partial charge in [0, 0.05) is 42.7 Å². The molecule has 3 heterocycles. The van der Waals surface area contributed by atoms with Gasteiger partial charge in [-0.3, -0.25) is 14.2 Å². The van der Waals surface area contributed by atoms with Crippen LogP contribution < -0.4 is 20.1 Å². The van der Waals surface area contributed by atoms with Crippen LogP contribution in [-0.4, -0.2) is 40.0 Å². The van der Waals surface area contributed by atoms with E-state index >= 15 is 0 Å². The van der Waals surface area contributed by atoms with Crippen LogP contribution in [0.3, 0.4) is 0 Å². The van der Waals surface area contributed by atoms with E-state index in [0.717, 1.165) is 0 Å². The maximum atomic E-state index is 13.8. The Labute approximate surface area is 183 Å². The molecule has 0 unspecified atom stereocenters. The number of amides is 1. The van der Waals surface area contributed by atoms with Gasteiger partial charge in [-0.25, -0.2) is 9.37 Å². The lowest BCUT2D eigenvalue weighted by Gasteiger charge is -2.19. The number of hydrogen-bond acceptors (Lipinski definition) is 6. The predicted molar refractivity (Wildman–Crippen MR) is 118 cm³/mol. The molecule has 0 saturated carbocycles. The zero-order chi connectivity index (χ0) is 21.9. The smallest absolute Gasteiger partial charge is 0.226 e. The number of anilines is 2. The Morgan fingerprint density at radius 2 is 2.00 bits per heavy atom. The average molecular weight is 433 g/mol. The number of nitrogens with zero attached hydrogens (tertiary/aromatic N) is 3. The lowest BCUT2D eigenvalue weighted by atomic mass is 10.1. The highest BCUT2D eigenvalue weighted by molar-refractivity contribution is 5.91. The second-order valence-corrected chi connectivity index (χ2v) is 7.21. The molecule has 0 saturated heterocycles. The SMILES string of the molecule is O=C(CCNc1c(-c2cccc(F)c2)nc2cnccn12)Nc1ccc2c(c1)OCCO2. The predicted octanol–water partition coefficient (Wildman–Crippen LogP) is 3.75. The molecule has 1 aliphatic rings. The van der Waals surface area contributed by atoms with Crippen molar-refractivity contribution in [1.29, 1.82) is 0 Å². The fraction of sp³-hybridized carbons (Fsp3) is 0.174. The maximum Gasteiger partial charge on any atom is 0.226 e. The topological polar surface area (TPSA) is 89.8 Å². The lowest BCUT2D eigenvalue weighted by Crippen LogP contribution is -2.18. The molecule has 8 nitrogen and oxygen atoms in total. The first kappa shape index (κ1) is 19.8. The number of hydrogen-bond donors (Lipinski definition) is 2. The minimum absolute atomic E-state index is 0.156. The number of fused-ring (bicyclic) bond motifs is 2. The number of aromatic nitrogens is 3. The van der Waals surface area contributed by atoms with Gasteiger partial charge in [-0.2, -0.15) is 0 Å². The third kappa shape index (κ3) is 4.04. The quantitative estimate of drug-likeness (QED) is 0.482. The van der Waals surface area contributed by atoms with Gasteiger partial charge in [0.2, 0.25) is 5.91 Å². The fourth-order valence-electron chi connectivity index (χ4n) is 3.55. The Morgan fingerprint density at radius 3 is 2.88 bits per heavy atom. The minimum atomic E-state index is -0.345. The van der Waals surface area contributed by atoms with Gasteiger partial charge in [-0.05, 0) is 24.3 Å². The number of rotatable bonds is 6. The van der Waals surface area contributed by atoms with E-state index < -0.39 is 0 Å². The van der Waals surface area contributed by atoms with E-state index in [1.54, 1.807) is 48.9 Å². The fourth-order valence-corrected chi connectivity index (χ4v) is 3.55. The first-order valence-corrected chi connectivity index (χ1v) is 10.2. The molecule has 4 aromatic rings. The van der Waals surface area contributed by atoms with Gasteiger partial charge >= 0.3 is 0 Å². The normalized spacial score (nSPS) is 12.5. The molecule has 1 amide bonds.